The second kappa shape index (κ2) is 5.07. The van der Waals surface area contributed by atoms with Gasteiger partial charge in [-0.3, -0.25) is 0 Å². The van der Waals surface area contributed by atoms with Crippen LogP contribution < -0.4 is 5.73 Å². The van der Waals surface area contributed by atoms with Crippen LogP contribution in [-0.4, -0.2) is 36.7 Å². The van der Waals surface area contributed by atoms with Gasteiger partial charge in [0.25, 0.3) is 0 Å². The smallest absolute Gasteiger partial charge is 0.314 e. The lowest BCUT2D eigenvalue weighted by atomic mass is 10.1. The zero-order valence-electron chi connectivity index (χ0n) is 8.16. The predicted molar refractivity (Wildman–Crippen MR) is 50.4 cm³/mol. The second-order valence-electron chi connectivity index (χ2n) is 3.42. The van der Waals surface area contributed by atoms with Crippen molar-refractivity contribution in [3.63, 3.8) is 0 Å². The summed E-state index contributed by atoms with van der Waals surface area (Å²) in [6.07, 6.45) is 3.26. The van der Waals surface area contributed by atoms with Gasteiger partial charge in [0.1, 0.15) is 0 Å². The summed E-state index contributed by atoms with van der Waals surface area (Å²) in [5.41, 5.74) is 5.19. The third kappa shape index (κ3) is 3.22. The van der Waals surface area contributed by atoms with Crippen molar-refractivity contribution in [1.82, 2.24) is 4.90 Å². The molecule has 13 heavy (non-hydrogen) atoms. The number of rotatable bonds is 3. The van der Waals surface area contributed by atoms with Crippen molar-refractivity contribution in [3.8, 4) is 0 Å². The van der Waals surface area contributed by atoms with E-state index < -0.39 is 0 Å². The number of urea groups is 1. The molecule has 1 rings (SSSR count). The Morgan fingerprint density at radius 1 is 1.69 bits per heavy atom. The van der Waals surface area contributed by atoms with E-state index >= 15 is 0 Å². The van der Waals surface area contributed by atoms with Gasteiger partial charge in [0.05, 0.1) is 6.10 Å². The number of hydrogen-bond acceptors (Lipinski definition) is 2. The molecule has 0 aromatic heterocycles. The summed E-state index contributed by atoms with van der Waals surface area (Å²) >= 11 is 0. The fraction of sp³-hybridized carbons (Fsp3) is 0.889. The molecular formula is C9H18N2O2. The molecule has 0 aliphatic carbocycles. The van der Waals surface area contributed by atoms with Crippen LogP contribution in [0.15, 0.2) is 0 Å². The zero-order valence-corrected chi connectivity index (χ0v) is 8.16. The molecule has 0 aromatic rings. The van der Waals surface area contributed by atoms with Gasteiger partial charge in [-0.25, -0.2) is 4.79 Å². The SMILES string of the molecule is CCCOC1CCCN(C(N)=O)C1. The number of ether oxygens (including phenoxy) is 1. The molecule has 0 radical (unpaired) electrons. The average Bonchev–Trinajstić information content (AvgIpc) is 2.15. The Morgan fingerprint density at radius 3 is 3.08 bits per heavy atom. The van der Waals surface area contributed by atoms with Crippen LogP contribution in [0.25, 0.3) is 0 Å². The molecule has 4 nitrogen and oxygen atoms in total. The maximum absolute atomic E-state index is 10.9. The number of primary amides is 1. The zero-order chi connectivity index (χ0) is 9.68. The molecule has 1 unspecified atom stereocenters. The number of nitrogens with two attached hydrogens (primary N) is 1. The Hall–Kier alpha value is -0.770. The van der Waals surface area contributed by atoms with Crippen molar-refractivity contribution >= 4 is 6.03 Å². The number of likely N-dealkylation sites (tertiary alicyclic amines) is 1. The molecule has 1 fully saturated rings. The second-order valence-corrected chi connectivity index (χ2v) is 3.42. The number of piperidine rings is 1. The Balaban J connectivity index is 2.29. The van der Waals surface area contributed by atoms with Crippen molar-refractivity contribution in [2.75, 3.05) is 19.7 Å². The summed E-state index contributed by atoms with van der Waals surface area (Å²) in [5, 5.41) is 0. The van der Waals surface area contributed by atoms with Gasteiger partial charge >= 0.3 is 6.03 Å². The minimum atomic E-state index is -0.329. The fourth-order valence-corrected chi connectivity index (χ4v) is 1.56. The highest BCUT2D eigenvalue weighted by atomic mass is 16.5. The van der Waals surface area contributed by atoms with E-state index in [9.17, 15) is 4.79 Å². The van der Waals surface area contributed by atoms with Crippen LogP contribution in [0.2, 0.25) is 0 Å². The summed E-state index contributed by atoms with van der Waals surface area (Å²) < 4.78 is 5.56. The van der Waals surface area contributed by atoms with E-state index in [0.717, 1.165) is 32.4 Å². The molecule has 0 spiro atoms. The first-order chi connectivity index (χ1) is 6.24. The molecular weight excluding hydrogens is 168 g/mol. The van der Waals surface area contributed by atoms with Gasteiger partial charge in [-0.1, -0.05) is 6.92 Å². The summed E-state index contributed by atoms with van der Waals surface area (Å²) in [7, 11) is 0. The molecule has 0 aromatic carbocycles. The van der Waals surface area contributed by atoms with Gasteiger partial charge < -0.3 is 15.4 Å². The van der Waals surface area contributed by atoms with Crippen molar-refractivity contribution in [2.45, 2.75) is 32.3 Å². The normalized spacial score (nSPS) is 23.2. The van der Waals surface area contributed by atoms with E-state index in [4.69, 9.17) is 10.5 Å². The first-order valence-corrected chi connectivity index (χ1v) is 4.90. The molecule has 0 saturated carbocycles. The molecule has 1 heterocycles. The van der Waals surface area contributed by atoms with Gasteiger partial charge in [-0.2, -0.15) is 0 Å². The first kappa shape index (κ1) is 10.3. The Bertz CT molecular complexity index is 173. The van der Waals surface area contributed by atoms with E-state index in [0.29, 0.717) is 6.54 Å². The Kier molecular flexibility index (Phi) is 4.02. The van der Waals surface area contributed by atoms with Gasteiger partial charge in [0, 0.05) is 19.7 Å². The van der Waals surface area contributed by atoms with Crippen LogP contribution in [0.1, 0.15) is 26.2 Å². The highest BCUT2D eigenvalue weighted by molar-refractivity contribution is 5.72. The number of carbonyl (C=O) groups is 1. The van der Waals surface area contributed by atoms with E-state index in [1.807, 2.05) is 0 Å². The standard InChI is InChI=1S/C9H18N2O2/c1-2-6-13-8-4-3-5-11(7-8)9(10)12/h8H,2-7H2,1H3,(H2,10,12). The van der Waals surface area contributed by atoms with Crippen LogP contribution in [-0.2, 0) is 4.74 Å². The highest BCUT2D eigenvalue weighted by Gasteiger charge is 2.21. The van der Waals surface area contributed by atoms with Gasteiger partial charge in [-0.15, -0.1) is 0 Å². The van der Waals surface area contributed by atoms with Crippen LogP contribution in [0.4, 0.5) is 4.79 Å². The Morgan fingerprint density at radius 2 is 2.46 bits per heavy atom. The van der Waals surface area contributed by atoms with Gasteiger partial charge in [-0.05, 0) is 19.3 Å². The lowest BCUT2D eigenvalue weighted by Gasteiger charge is -2.31. The fourth-order valence-electron chi connectivity index (χ4n) is 1.56. The van der Waals surface area contributed by atoms with E-state index in [1.165, 1.54) is 0 Å². The molecule has 2 amide bonds. The molecule has 4 heteroatoms. The number of carbonyl (C=O) groups excluding carboxylic acids is 1. The van der Waals surface area contributed by atoms with Crippen LogP contribution in [0.3, 0.4) is 0 Å². The Labute approximate surface area is 79.0 Å². The third-order valence-electron chi connectivity index (χ3n) is 2.25. The molecule has 2 N–H and O–H groups in total. The van der Waals surface area contributed by atoms with E-state index in [1.54, 1.807) is 4.90 Å². The minimum Gasteiger partial charge on any atom is -0.376 e. The number of amides is 2. The van der Waals surface area contributed by atoms with Crippen molar-refractivity contribution in [3.05, 3.63) is 0 Å². The largest absolute Gasteiger partial charge is 0.376 e. The van der Waals surface area contributed by atoms with Crippen molar-refractivity contribution in [2.24, 2.45) is 5.73 Å². The van der Waals surface area contributed by atoms with Gasteiger partial charge in [0.2, 0.25) is 0 Å². The number of nitrogens with zero attached hydrogens (tertiary/aromatic N) is 1. The maximum atomic E-state index is 10.9. The highest BCUT2D eigenvalue weighted by Crippen LogP contribution is 2.12. The molecule has 0 bridgehead atoms. The lowest BCUT2D eigenvalue weighted by molar-refractivity contribution is 0.0110. The summed E-state index contributed by atoms with van der Waals surface area (Å²) in [4.78, 5) is 12.5. The summed E-state index contributed by atoms with van der Waals surface area (Å²) in [5.74, 6) is 0. The predicted octanol–water partition coefficient (Wildman–Crippen LogP) is 0.956. The number of hydrogen-bond donors (Lipinski definition) is 1. The average molecular weight is 186 g/mol. The molecule has 76 valence electrons. The molecule has 1 aliphatic heterocycles. The van der Waals surface area contributed by atoms with Crippen molar-refractivity contribution < 1.29 is 9.53 Å². The van der Waals surface area contributed by atoms with Gasteiger partial charge in [0.15, 0.2) is 0 Å². The molecule has 1 saturated heterocycles. The molecule has 1 atom stereocenters. The third-order valence-corrected chi connectivity index (χ3v) is 2.25. The lowest BCUT2D eigenvalue weighted by Crippen LogP contribution is -2.45. The maximum Gasteiger partial charge on any atom is 0.314 e. The van der Waals surface area contributed by atoms with Crippen molar-refractivity contribution in [1.29, 1.82) is 0 Å². The van der Waals surface area contributed by atoms with Crippen LogP contribution >= 0.6 is 0 Å². The summed E-state index contributed by atoms with van der Waals surface area (Å²) in [6.45, 7) is 4.29. The summed E-state index contributed by atoms with van der Waals surface area (Å²) in [6, 6.07) is -0.329. The van der Waals surface area contributed by atoms with E-state index in [-0.39, 0.29) is 12.1 Å². The quantitative estimate of drug-likeness (QED) is 0.713. The van der Waals surface area contributed by atoms with Crippen LogP contribution in [0.5, 0.6) is 0 Å². The van der Waals surface area contributed by atoms with Crippen LogP contribution in [0, 0.1) is 0 Å². The monoisotopic (exact) mass is 186 g/mol. The molecule has 1 aliphatic rings. The van der Waals surface area contributed by atoms with E-state index in [2.05, 4.69) is 6.92 Å². The first-order valence-electron chi connectivity index (χ1n) is 4.90. The topological polar surface area (TPSA) is 55.6 Å². The minimum absolute atomic E-state index is 0.196.